The van der Waals surface area contributed by atoms with Gasteiger partial charge in [0.15, 0.2) is 0 Å². The van der Waals surface area contributed by atoms with Gasteiger partial charge >= 0.3 is 0 Å². The predicted octanol–water partition coefficient (Wildman–Crippen LogP) is 1.73. The summed E-state index contributed by atoms with van der Waals surface area (Å²) in [5, 5.41) is 11.6. The monoisotopic (exact) mass is 487 g/mol. The first-order valence-electron chi connectivity index (χ1n) is 12.4. The number of aliphatic hydroxyl groups excluding tert-OH is 1. The molecular formula is C28H29N3O5. The third kappa shape index (κ3) is 3.24. The van der Waals surface area contributed by atoms with Crippen LogP contribution in [0.1, 0.15) is 6.42 Å². The van der Waals surface area contributed by atoms with Crippen molar-refractivity contribution in [2.24, 2.45) is 11.8 Å². The van der Waals surface area contributed by atoms with Gasteiger partial charge in [-0.3, -0.25) is 14.4 Å². The molecule has 6 rings (SSSR count). The van der Waals surface area contributed by atoms with Gasteiger partial charge in [0.2, 0.25) is 11.8 Å². The molecule has 0 aromatic heterocycles. The number of hydrogen-bond acceptors (Lipinski definition) is 5. The number of fused-ring (bicyclic) bond motifs is 3. The molecule has 1 unspecified atom stereocenters. The fourth-order valence-corrected chi connectivity index (χ4v) is 6.32. The molecule has 4 heterocycles. The molecule has 1 N–H and O–H groups in total. The number of anilines is 1. The van der Waals surface area contributed by atoms with Gasteiger partial charge in [-0.05, 0) is 29.3 Å². The highest BCUT2D eigenvalue weighted by molar-refractivity contribution is 6.06. The Labute approximate surface area is 209 Å². The summed E-state index contributed by atoms with van der Waals surface area (Å²) < 4.78 is 6.57. The van der Waals surface area contributed by atoms with E-state index in [4.69, 9.17) is 4.74 Å². The molecule has 0 bridgehead atoms. The zero-order chi connectivity index (χ0) is 25.0. The number of amides is 3. The second-order valence-electron chi connectivity index (χ2n) is 9.98. The maximum Gasteiger partial charge on any atom is 0.253 e. The fraction of sp³-hybridized carbons (Fsp3) is 0.393. The van der Waals surface area contributed by atoms with Crippen LogP contribution in [-0.2, 0) is 19.1 Å². The predicted molar refractivity (Wildman–Crippen MR) is 134 cm³/mol. The summed E-state index contributed by atoms with van der Waals surface area (Å²) in [5.74, 6) is -2.17. The lowest BCUT2D eigenvalue weighted by atomic mass is 9.77. The first-order valence-corrected chi connectivity index (χ1v) is 12.4. The van der Waals surface area contributed by atoms with E-state index in [1.54, 1.807) is 16.8 Å². The Balaban J connectivity index is 1.45. The van der Waals surface area contributed by atoms with Gasteiger partial charge in [-0.1, -0.05) is 54.6 Å². The topological polar surface area (TPSA) is 90.4 Å². The van der Waals surface area contributed by atoms with Gasteiger partial charge in [-0.25, -0.2) is 0 Å². The minimum Gasteiger partial charge on any atom is -0.396 e. The first-order chi connectivity index (χ1) is 17.5. The molecule has 36 heavy (non-hydrogen) atoms. The maximum atomic E-state index is 14.3. The van der Waals surface area contributed by atoms with Gasteiger partial charge in [0.25, 0.3) is 5.91 Å². The Morgan fingerprint density at radius 3 is 2.61 bits per heavy atom. The van der Waals surface area contributed by atoms with E-state index in [1.807, 2.05) is 66.8 Å². The summed E-state index contributed by atoms with van der Waals surface area (Å²) in [7, 11) is 1.72. The van der Waals surface area contributed by atoms with Crippen molar-refractivity contribution in [2.75, 3.05) is 38.2 Å². The van der Waals surface area contributed by atoms with Crippen LogP contribution in [0, 0.1) is 11.8 Å². The highest BCUT2D eigenvalue weighted by Crippen LogP contribution is 2.53. The third-order valence-electron chi connectivity index (χ3n) is 7.96. The molecule has 2 saturated heterocycles. The van der Waals surface area contributed by atoms with Crippen LogP contribution in [0.5, 0.6) is 0 Å². The average molecular weight is 488 g/mol. The van der Waals surface area contributed by atoms with Crippen molar-refractivity contribution in [3.8, 4) is 0 Å². The summed E-state index contributed by atoms with van der Waals surface area (Å²) in [6.07, 6.45) is 7.21. The standard InChI is InChI=1S/C28H29N3O5/c1-29-13-4-9-21-22(25(29)33)23-26(34)31(15-6-16-32)24-27(35)30(14-5-12-28(23,24)36-21)20-11-10-18-7-2-3-8-19(18)17-20/h2-5,7-12,17,21-24,32H,6,13-16H2,1H3/t21-,22+,23-,24?,28-/m0/s1. The summed E-state index contributed by atoms with van der Waals surface area (Å²) in [6.45, 7) is 0.881. The zero-order valence-electron chi connectivity index (χ0n) is 20.1. The normalized spacial score (nSPS) is 31.5. The van der Waals surface area contributed by atoms with Crippen molar-refractivity contribution < 1.29 is 24.2 Å². The molecule has 8 nitrogen and oxygen atoms in total. The number of carbonyl (C=O) groups is 3. The SMILES string of the molecule is CN1CC=C[C@@H]2O[C@]34C=CCN(c5ccc6ccccc6c5)C(=O)C3N(CCCO)C(=O)[C@@H]4[C@@H]2C1=O. The quantitative estimate of drug-likeness (QED) is 0.664. The molecule has 4 aliphatic rings. The van der Waals surface area contributed by atoms with Crippen molar-refractivity contribution in [1.82, 2.24) is 9.80 Å². The number of likely N-dealkylation sites (N-methyl/N-ethyl adjacent to an activating group) is 1. The number of likely N-dealkylation sites (tertiary alicyclic amines) is 1. The summed E-state index contributed by atoms with van der Waals surface area (Å²) in [5.41, 5.74) is -0.510. The highest BCUT2D eigenvalue weighted by Gasteiger charge is 2.71. The van der Waals surface area contributed by atoms with Crippen molar-refractivity contribution >= 4 is 34.2 Å². The molecule has 0 radical (unpaired) electrons. The van der Waals surface area contributed by atoms with Crippen LogP contribution in [0.3, 0.4) is 0 Å². The molecule has 5 atom stereocenters. The van der Waals surface area contributed by atoms with Crippen LogP contribution in [0.25, 0.3) is 10.8 Å². The van der Waals surface area contributed by atoms with Crippen LogP contribution < -0.4 is 4.90 Å². The Kier molecular flexibility index (Phi) is 5.46. The molecule has 1 spiro atoms. The van der Waals surface area contributed by atoms with E-state index in [0.717, 1.165) is 16.5 Å². The summed E-state index contributed by atoms with van der Waals surface area (Å²) >= 11 is 0. The Hall–Kier alpha value is -3.49. The van der Waals surface area contributed by atoms with Gasteiger partial charge in [0, 0.05) is 39.0 Å². The largest absolute Gasteiger partial charge is 0.396 e. The second-order valence-corrected chi connectivity index (χ2v) is 9.98. The summed E-state index contributed by atoms with van der Waals surface area (Å²) in [4.78, 5) is 46.4. The van der Waals surface area contributed by atoms with Gasteiger partial charge in [-0.2, -0.15) is 0 Å². The maximum absolute atomic E-state index is 14.3. The number of carbonyl (C=O) groups excluding carboxylic acids is 3. The van der Waals surface area contributed by atoms with Crippen LogP contribution in [0.15, 0.2) is 66.8 Å². The van der Waals surface area contributed by atoms with Gasteiger partial charge in [0.05, 0.1) is 17.9 Å². The zero-order valence-corrected chi connectivity index (χ0v) is 20.1. The van der Waals surface area contributed by atoms with E-state index < -0.39 is 29.6 Å². The van der Waals surface area contributed by atoms with Crippen LogP contribution in [-0.4, -0.2) is 83.7 Å². The Morgan fingerprint density at radius 2 is 1.81 bits per heavy atom. The number of benzene rings is 2. The van der Waals surface area contributed by atoms with Gasteiger partial charge < -0.3 is 24.5 Å². The molecular weight excluding hydrogens is 458 g/mol. The van der Waals surface area contributed by atoms with E-state index >= 15 is 0 Å². The molecule has 2 fully saturated rings. The average Bonchev–Trinajstić information content (AvgIpc) is 3.20. The van der Waals surface area contributed by atoms with Crippen molar-refractivity contribution in [3.63, 3.8) is 0 Å². The number of rotatable bonds is 4. The second kappa shape index (κ2) is 8.57. The third-order valence-corrected chi connectivity index (χ3v) is 7.96. The van der Waals surface area contributed by atoms with Crippen LogP contribution >= 0.6 is 0 Å². The van der Waals surface area contributed by atoms with E-state index in [1.165, 1.54) is 4.90 Å². The van der Waals surface area contributed by atoms with Gasteiger partial charge in [0.1, 0.15) is 11.6 Å². The molecule has 0 aliphatic carbocycles. The van der Waals surface area contributed by atoms with Crippen LogP contribution in [0.2, 0.25) is 0 Å². The Bertz CT molecular complexity index is 1310. The van der Waals surface area contributed by atoms with Crippen molar-refractivity contribution in [2.45, 2.75) is 24.2 Å². The number of aliphatic hydroxyl groups is 1. The van der Waals surface area contributed by atoms with Crippen LogP contribution in [0.4, 0.5) is 5.69 Å². The highest BCUT2D eigenvalue weighted by atomic mass is 16.5. The van der Waals surface area contributed by atoms with Crippen molar-refractivity contribution in [3.05, 3.63) is 66.8 Å². The molecule has 4 aliphatic heterocycles. The first kappa shape index (κ1) is 22.9. The van der Waals surface area contributed by atoms with Gasteiger partial charge in [-0.15, -0.1) is 0 Å². The molecule has 0 saturated carbocycles. The van der Waals surface area contributed by atoms with E-state index in [9.17, 15) is 19.5 Å². The molecule has 2 aromatic rings. The molecule has 186 valence electrons. The van der Waals surface area contributed by atoms with Crippen molar-refractivity contribution in [1.29, 1.82) is 0 Å². The molecule has 2 aromatic carbocycles. The smallest absolute Gasteiger partial charge is 0.253 e. The van der Waals surface area contributed by atoms with E-state index in [0.29, 0.717) is 19.5 Å². The number of nitrogens with zero attached hydrogens (tertiary/aromatic N) is 3. The lowest BCUT2D eigenvalue weighted by Crippen LogP contribution is -2.55. The minimum atomic E-state index is -1.25. The van der Waals surface area contributed by atoms with E-state index in [2.05, 4.69) is 0 Å². The number of hydrogen-bond donors (Lipinski definition) is 1. The molecule has 8 heteroatoms. The van der Waals surface area contributed by atoms with E-state index in [-0.39, 0.29) is 30.9 Å². The fourth-order valence-electron chi connectivity index (χ4n) is 6.32. The lowest BCUT2D eigenvalue weighted by Gasteiger charge is -2.35. The minimum absolute atomic E-state index is 0.107. The Morgan fingerprint density at radius 1 is 1.00 bits per heavy atom. The molecule has 3 amide bonds. The number of ether oxygens (including phenoxy) is 1. The lowest BCUT2D eigenvalue weighted by molar-refractivity contribution is -0.143. The summed E-state index contributed by atoms with van der Waals surface area (Å²) in [6, 6.07) is 12.9.